The Balaban J connectivity index is 1.97. The number of carboxylic acid groups (broad SMARTS) is 1. The van der Waals surface area contributed by atoms with Crippen molar-refractivity contribution in [2.75, 3.05) is 20.3 Å². The zero-order valence-corrected chi connectivity index (χ0v) is 14.1. The molecule has 0 atom stereocenters. The first-order valence-electron chi connectivity index (χ1n) is 7.78. The number of carboxylic acids is 1. The standard InChI is InChI=1S/C19H22O5/c1-13(2)15-6-4-5-7-16(15)23-10-11-24-18-12-14(19(20)21)8-9-17(18)22-3/h4-9,12-13H,10-11H2,1-3H3,(H,20,21). The molecule has 2 aromatic carbocycles. The monoisotopic (exact) mass is 330 g/mol. The van der Waals surface area contributed by atoms with Crippen molar-refractivity contribution in [1.82, 2.24) is 0 Å². The first kappa shape index (κ1) is 17.7. The summed E-state index contributed by atoms with van der Waals surface area (Å²) in [5.41, 5.74) is 1.29. The summed E-state index contributed by atoms with van der Waals surface area (Å²) in [7, 11) is 1.51. The van der Waals surface area contributed by atoms with Crippen LogP contribution in [0.5, 0.6) is 17.2 Å². The SMILES string of the molecule is COc1ccc(C(=O)O)cc1OCCOc1ccccc1C(C)C. The van der Waals surface area contributed by atoms with Crippen LogP contribution in [-0.2, 0) is 0 Å². The van der Waals surface area contributed by atoms with Gasteiger partial charge in [0.15, 0.2) is 11.5 Å². The van der Waals surface area contributed by atoms with Crippen LogP contribution in [-0.4, -0.2) is 31.4 Å². The lowest BCUT2D eigenvalue weighted by Crippen LogP contribution is -2.11. The second-order valence-corrected chi connectivity index (χ2v) is 5.56. The van der Waals surface area contributed by atoms with E-state index < -0.39 is 5.97 Å². The molecule has 5 heteroatoms. The van der Waals surface area contributed by atoms with Crippen molar-refractivity contribution < 1.29 is 24.1 Å². The van der Waals surface area contributed by atoms with Crippen LogP contribution in [0.25, 0.3) is 0 Å². The van der Waals surface area contributed by atoms with E-state index in [1.54, 1.807) is 6.07 Å². The molecule has 0 aliphatic carbocycles. The van der Waals surface area contributed by atoms with Crippen LogP contribution in [0.4, 0.5) is 0 Å². The van der Waals surface area contributed by atoms with Crippen LogP contribution in [0.3, 0.4) is 0 Å². The highest BCUT2D eigenvalue weighted by Crippen LogP contribution is 2.28. The zero-order chi connectivity index (χ0) is 17.5. The molecule has 0 saturated heterocycles. The molecule has 2 rings (SSSR count). The fourth-order valence-electron chi connectivity index (χ4n) is 2.31. The molecular formula is C19H22O5. The molecule has 0 bridgehead atoms. The molecule has 0 aliphatic heterocycles. The van der Waals surface area contributed by atoms with E-state index in [0.717, 1.165) is 11.3 Å². The first-order chi connectivity index (χ1) is 11.5. The van der Waals surface area contributed by atoms with Crippen molar-refractivity contribution in [3.05, 3.63) is 53.6 Å². The maximum absolute atomic E-state index is 11.0. The van der Waals surface area contributed by atoms with Gasteiger partial charge in [-0.25, -0.2) is 4.79 Å². The lowest BCUT2D eigenvalue weighted by molar-refractivity contribution is 0.0696. The Morgan fingerprint density at radius 2 is 1.67 bits per heavy atom. The molecule has 2 aromatic rings. The van der Waals surface area contributed by atoms with Crippen molar-refractivity contribution in [2.24, 2.45) is 0 Å². The predicted molar refractivity (Wildman–Crippen MR) is 91.5 cm³/mol. The van der Waals surface area contributed by atoms with Gasteiger partial charge in [0.2, 0.25) is 0 Å². The molecule has 5 nitrogen and oxygen atoms in total. The molecule has 1 N–H and O–H groups in total. The van der Waals surface area contributed by atoms with Crippen molar-refractivity contribution in [3.8, 4) is 17.2 Å². The average molecular weight is 330 g/mol. The lowest BCUT2D eigenvalue weighted by Gasteiger charge is -2.15. The maximum atomic E-state index is 11.0. The second kappa shape index (κ2) is 8.24. The van der Waals surface area contributed by atoms with Gasteiger partial charge in [-0.15, -0.1) is 0 Å². The molecule has 0 spiro atoms. The van der Waals surface area contributed by atoms with E-state index in [-0.39, 0.29) is 12.2 Å². The number of carbonyl (C=O) groups is 1. The van der Waals surface area contributed by atoms with Gasteiger partial charge >= 0.3 is 5.97 Å². The van der Waals surface area contributed by atoms with Crippen molar-refractivity contribution in [2.45, 2.75) is 19.8 Å². The van der Waals surface area contributed by atoms with E-state index in [4.69, 9.17) is 19.3 Å². The number of methoxy groups -OCH3 is 1. The quantitative estimate of drug-likeness (QED) is 0.742. The number of benzene rings is 2. The van der Waals surface area contributed by atoms with E-state index in [0.29, 0.717) is 24.0 Å². The Kier molecular flexibility index (Phi) is 6.07. The fraction of sp³-hybridized carbons (Fsp3) is 0.316. The molecule has 0 radical (unpaired) electrons. The number of ether oxygens (including phenoxy) is 3. The number of para-hydroxylation sites is 1. The smallest absolute Gasteiger partial charge is 0.335 e. The Morgan fingerprint density at radius 3 is 2.29 bits per heavy atom. The third-order valence-corrected chi connectivity index (χ3v) is 3.55. The Hall–Kier alpha value is -2.69. The predicted octanol–water partition coefficient (Wildman–Crippen LogP) is 3.97. The van der Waals surface area contributed by atoms with Crippen LogP contribution in [0, 0.1) is 0 Å². The van der Waals surface area contributed by atoms with Gasteiger partial charge in [-0.2, -0.15) is 0 Å². The van der Waals surface area contributed by atoms with E-state index in [1.807, 2.05) is 24.3 Å². The van der Waals surface area contributed by atoms with Crippen LogP contribution >= 0.6 is 0 Å². The summed E-state index contributed by atoms with van der Waals surface area (Å²) in [4.78, 5) is 11.0. The second-order valence-electron chi connectivity index (χ2n) is 5.56. The lowest BCUT2D eigenvalue weighted by atomic mass is 10.0. The molecule has 0 amide bonds. The third-order valence-electron chi connectivity index (χ3n) is 3.55. The third kappa shape index (κ3) is 4.41. The maximum Gasteiger partial charge on any atom is 0.335 e. The van der Waals surface area contributed by atoms with Crippen molar-refractivity contribution >= 4 is 5.97 Å². The summed E-state index contributed by atoms with van der Waals surface area (Å²) in [6.07, 6.45) is 0. The van der Waals surface area contributed by atoms with Gasteiger partial charge in [0.1, 0.15) is 19.0 Å². The van der Waals surface area contributed by atoms with Gasteiger partial charge < -0.3 is 19.3 Å². The first-order valence-corrected chi connectivity index (χ1v) is 7.78. The van der Waals surface area contributed by atoms with Crippen LogP contribution < -0.4 is 14.2 Å². The normalized spacial score (nSPS) is 10.5. The molecule has 0 saturated carbocycles. The molecule has 0 aromatic heterocycles. The molecule has 0 aliphatic rings. The molecule has 0 heterocycles. The van der Waals surface area contributed by atoms with Gasteiger partial charge in [0, 0.05) is 0 Å². The minimum Gasteiger partial charge on any atom is -0.493 e. The number of hydrogen-bond donors (Lipinski definition) is 1. The highest BCUT2D eigenvalue weighted by Gasteiger charge is 2.11. The van der Waals surface area contributed by atoms with Crippen LogP contribution in [0.2, 0.25) is 0 Å². The Bertz CT molecular complexity index is 694. The van der Waals surface area contributed by atoms with Gasteiger partial charge in [-0.3, -0.25) is 0 Å². The highest BCUT2D eigenvalue weighted by atomic mass is 16.5. The average Bonchev–Trinajstić information content (AvgIpc) is 2.58. The van der Waals surface area contributed by atoms with Crippen LogP contribution in [0.1, 0.15) is 35.7 Å². The summed E-state index contributed by atoms with van der Waals surface area (Å²) in [6, 6.07) is 12.4. The van der Waals surface area contributed by atoms with E-state index in [1.165, 1.54) is 19.2 Å². The molecular weight excluding hydrogens is 308 g/mol. The summed E-state index contributed by atoms with van der Waals surface area (Å²) in [6.45, 7) is 4.86. The Labute approximate surface area is 141 Å². The van der Waals surface area contributed by atoms with Gasteiger partial charge in [-0.05, 0) is 35.7 Å². The largest absolute Gasteiger partial charge is 0.493 e. The summed E-state index contributed by atoms with van der Waals surface area (Å²) >= 11 is 0. The van der Waals surface area contributed by atoms with E-state index >= 15 is 0 Å². The van der Waals surface area contributed by atoms with E-state index in [9.17, 15) is 4.79 Å². The summed E-state index contributed by atoms with van der Waals surface area (Å²) < 4.78 is 16.6. The Morgan fingerprint density at radius 1 is 1.00 bits per heavy atom. The molecule has 24 heavy (non-hydrogen) atoms. The topological polar surface area (TPSA) is 65.0 Å². The zero-order valence-electron chi connectivity index (χ0n) is 14.1. The minimum atomic E-state index is -1.01. The van der Waals surface area contributed by atoms with Crippen LogP contribution in [0.15, 0.2) is 42.5 Å². The van der Waals surface area contributed by atoms with Crippen molar-refractivity contribution in [1.29, 1.82) is 0 Å². The number of hydrogen-bond acceptors (Lipinski definition) is 4. The van der Waals surface area contributed by atoms with E-state index in [2.05, 4.69) is 13.8 Å². The van der Waals surface area contributed by atoms with Gasteiger partial charge in [0.25, 0.3) is 0 Å². The molecule has 0 unspecified atom stereocenters. The van der Waals surface area contributed by atoms with Crippen molar-refractivity contribution in [3.63, 3.8) is 0 Å². The number of aromatic carboxylic acids is 1. The van der Waals surface area contributed by atoms with Gasteiger partial charge in [-0.1, -0.05) is 32.0 Å². The minimum absolute atomic E-state index is 0.150. The molecule has 128 valence electrons. The number of rotatable bonds is 8. The highest BCUT2D eigenvalue weighted by molar-refractivity contribution is 5.88. The van der Waals surface area contributed by atoms with Gasteiger partial charge in [0.05, 0.1) is 12.7 Å². The fourth-order valence-corrected chi connectivity index (χ4v) is 2.31. The summed E-state index contributed by atoms with van der Waals surface area (Å²) in [5, 5.41) is 9.05. The summed E-state index contributed by atoms with van der Waals surface area (Å²) in [5.74, 6) is 1.07. The molecule has 0 fully saturated rings.